The molecule has 0 N–H and O–H groups in total. The lowest BCUT2D eigenvalue weighted by atomic mass is 9.47. The maximum Gasteiger partial charge on any atom is -0.0267 e. The Morgan fingerprint density at radius 1 is 0.909 bits per heavy atom. The normalized spacial score (nSPS) is 27.8. The molecule has 0 heteroatoms. The van der Waals surface area contributed by atoms with Gasteiger partial charge in [0.25, 0.3) is 0 Å². The van der Waals surface area contributed by atoms with Crippen LogP contribution in [0.25, 0.3) is 0 Å². The van der Waals surface area contributed by atoms with Gasteiger partial charge in [0.15, 0.2) is 0 Å². The summed E-state index contributed by atoms with van der Waals surface area (Å²) in [6, 6.07) is 0. The Labute approximate surface area is 71.4 Å². The third-order valence-corrected chi connectivity index (χ3v) is 3.55. The Bertz CT molecular complexity index is 149. The minimum absolute atomic E-state index is 0.489. The van der Waals surface area contributed by atoms with Crippen molar-refractivity contribution in [1.82, 2.24) is 0 Å². The fourth-order valence-electron chi connectivity index (χ4n) is 2.59. The molecule has 1 fully saturated rings. The van der Waals surface area contributed by atoms with Crippen molar-refractivity contribution in [2.75, 3.05) is 0 Å². The third-order valence-electron chi connectivity index (χ3n) is 3.55. The van der Waals surface area contributed by atoms with Crippen LogP contribution in [0, 0.1) is 16.2 Å². The Morgan fingerprint density at radius 3 is 1.36 bits per heavy atom. The molecule has 1 rings (SSSR count). The maximum absolute atomic E-state index is 2.43. The first-order valence-corrected chi connectivity index (χ1v) is 4.66. The molecule has 0 atom stereocenters. The summed E-state index contributed by atoms with van der Waals surface area (Å²) in [4.78, 5) is 0. The Hall–Kier alpha value is 0. The Kier molecular flexibility index (Phi) is 1.67. The average Bonchev–Trinajstić information content (AvgIpc) is 1.55. The van der Waals surface area contributed by atoms with Gasteiger partial charge in [-0.25, -0.2) is 0 Å². The zero-order valence-electron chi connectivity index (χ0n) is 8.91. The SMILES string of the molecule is CC1(C)CC(C)(C(C)(C)C)C1. The predicted octanol–water partition coefficient (Wildman–Crippen LogP) is 3.86. The molecule has 0 aliphatic heterocycles. The highest BCUT2D eigenvalue weighted by Crippen LogP contribution is 2.61. The summed E-state index contributed by atoms with van der Waals surface area (Å²) in [7, 11) is 0. The number of hydrogen-bond acceptors (Lipinski definition) is 0. The predicted molar refractivity (Wildman–Crippen MR) is 50.6 cm³/mol. The molecule has 11 heavy (non-hydrogen) atoms. The summed E-state index contributed by atoms with van der Waals surface area (Å²) in [5.74, 6) is 0. The van der Waals surface area contributed by atoms with Crippen LogP contribution < -0.4 is 0 Å². The van der Waals surface area contributed by atoms with Crippen LogP contribution in [-0.4, -0.2) is 0 Å². The van der Waals surface area contributed by atoms with E-state index in [1.165, 1.54) is 12.8 Å². The molecule has 0 saturated heterocycles. The largest absolute Gasteiger partial charge is 0.0599 e. The van der Waals surface area contributed by atoms with E-state index in [1.54, 1.807) is 0 Å². The summed E-state index contributed by atoms with van der Waals surface area (Å²) in [6.45, 7) is 14.3. The topological polar surface area (TPSA) is 0 Å². The highest BCUT2D eigenvalue weighted by atomic mass is 14.6. The van der Waals surface area contributed by atoms with E-state index in [0.717, 1.165) is 0 Å². The van der Waals surface area contributed by atoms with Crippen molar-refractivity contribution in [2.24, 2.45) is 16.2 Å². The molecule has 0 amide bonds. The van der Waals surface area contributed by atoms with E-state index in [-0.39, 0.29) is 0 Å². The zero-order chi connectivity index (χ0) is 8.91. The summed E-state index contributed by atoms with van der Waals surface area (Å²) in [5.41, 5.74) is 1.70. The van der Waals surface area contributed by atoms with E-state index in [2.05, 4.69) is 41.5 Å². The van der Waals surface area contributed by atoms with Crippen molar-refractivity contribution < 1.29 is 0 Å². The molecular formula is C11H22. The van der Waals surface area contributed by atoms with Crippen LogP contribution >= 0.6 is 0 Å². The van der Waals surface area contributed by atoms with Gasteiger partial charge in [0.05, 0.1) is 0 Å². The van der Waals surface area contributed by atoms with Crippen LogP contribution in [0.1, 0.15) is 54.4 Å². The molecule has 1 aliphatic rings. The monoisotopic (exact) mass is 154 g/mol. The van der Waals surface area contributed by atoms with Crippen LogP contribution in [0.15, 0.2) is 0 Å². The highest BCUT2D eigenvalue weighted by Gasteiger charge is 2.51. The third kappa shape index (κ3) is 1.45. The van der Waals surface area contributed by atoms with Gasteiger partial charge in [0.1, 0.15) is 0 Å². The van der Waals surface area contributed by atoms with E-state index >= 15 is 0 Å². The van der Waals surface area contributed by atoms with Crippen molar-refractivity contribution in [3.8, 4) is 0 Å². The van der Waals surface area contributed by atoms with E-state index in [0.29, 0.717) is 16.2 Å². The molecule has 1 saturated carbocycles. The molecule has 0 aromatic rings. The van der Waals surface area contributed by atoms with Crippen LogP contribution in [-0.2, 0) is 0 Å². The van der Waals surface area contributed by atoms with Crippen LogP contribution in [0.3, 0.4) is 0 Å². The quantitative estimate of drug-likeness (QED) is 0.497. The van der Waals surface area contributed by atoms with Crippen molar-refractivity contribution in [2.45, 2.75) is 54.4 Å². The minimum Gasteiger partial charge on any atom is -0.0599 e. The van der Waals surface area contributed by atoms with E-state index in [1.807, 2.05) is 0 Å². The molecule has 0 nitrogen and oxygen atoms in total. The second-order valence-electron chi connectivity index (χ2n) is 6.33. The van der Waals surface area contributed by atoms with E-state index in [4.69, 9.17) is 0 Å². The Morgan fingerprint density at radius 2 is 1.27 bits per heavy atom. The van der Waals surface area contributed by atoms with Crippen molar-refractivity contribution in [3.63, 3.8) is 0 Å². The molecule has 66 valence electrons. The number of rotatable bonds is 0. The fourth-order valence-corrected chi connectivity index (χ4v) is 2.59. The molecule has 0 spiro atoms. The molecule has 0 bridgehead atoms. The lowest BCUT2D eigenvalue weighted by Crippen LogP contribution is -2.48. The van der Waals surface area contributed by atoms with Crippen molar-refractivity contribution in [1.29, 1.82) is 0 Å². The average molecular weight is 154 g/mol. The minimum atomic E-state index is 0.489. The smallest absolute Gasteiger partial charge is 0.0267 e. The van der Waals surface area contributed by atoms with E-state index in [9.17, 15) is 0 Å². The summed E-state index contributed by atoms with van der Waals surface area (Å²) in [5, 5.41) is 0. The zero-order valence-corrected chi connectivity index (χ0v) is 8.91. The molecule has 0 radical (unpaired) electrons. The molecule has 1 aliphatic carbocycles. The van der Waals surface area contributed by atoms with Gasteiger partial charge in [-0.2, -0.15) is 0 Å². The lowest BCUT2D eigenvalue weighted by Gasteiger charge is -2.58. The van der Waals surface area contributed by atoms with E-state index < -0.39 is 0 Å². The van der Waals surface area contributed by atoms with Gasteiger partial charge in [-0.1, -0.05) is 41.5 Å². The standard InChI is InChI=1S/C11H22/c1-9(2,3)11(6)7-10(4,5)8-11/h7-8H2,1-6H3. The van der Waals surface area contributed by atoms with Crippen LogP contribution in [0.5, 0.6) is 0 Å². The highest BCUT2D eigenvalue weighted by molar-refractivity contribution is 5.01. The second kappa shape index (κ2) is 2.02. The van der Waals surface area contributed by atoms with Gasteiger partial charge in [-0.15, -0.1) is 0 Å². The number of hydrogen-bond donors (Lipinski definition) is 0. The maximum atomic E-state index is 2.43. The van der Waals surface area contributed by atoms with Gasteiger partial charge >= 0.3 is 0 Å². The molecule has 0 unspecified atom stereocenters. The Balaban J connectivity index is 2.64. The summed E-state index contributed by atoms with van der Waals surface area (Å²) in [6.07, 6.45) is 2.78. The first kappa shape index (κ1) is 9.09. The van der Waals surface area contributed by atoms with Crippen LogP contribution in [0.4, 0.5) is 0 Å². The first-order chi connectivity index (χ1) is 4.66. The summed E-state index contributed by atoms with van der Waals surface area (Å²) < 4.78 is 0. The van der Waals surface area contributed by atoms with Gasteiger partial charge in [-0.05, 0) is 29.1 Å². The van der Waals surface area contributed by atoms with Gasteiger partial charge < -0.3 is 0 Å². The fraction of sp³-hybridized carbons (Fsp3) is 1.00. The van der Waals surface area contributed by atoms with Crippen LogP contribution in [0.2, 0.25) is 0 Å². The van der Waals surface area contributed by atoms with Crippen molar-refractivity contribution >= 4 is 0 Å². The van der Waals surface area contributed by atoms with Gasteiger partial charge in [0, 0.05) is 0 Å². The molecule has 0 heterocycles. The van der Waals surface area contributed by atoms with Gasteiger partial charge in [-0.3, -0.25) is 0 Å². The molecule has 0 aromatic carbocycles. The van der Waals surface area contributed by atoms with Crippen molar-refractivity contribution in [3.05, 3.63) is 0 Å². The van der Waals surface area contributed by atoms with Gasteiger partial charge in [0.2, 0.25) is 0 Å². The first-order valence-electron chi connectivity index (χ1n) is 4.66. The lowest BCUT2D eigenvalue weighted by molar-refractivity contribution is -0.0811. The second-order valence-corrected chi connectivity index (χ2v) is 6.33. The molecular weight excluding hydrogens is 132 g/mol. The molecule has 0 aromatic heterocycles. The summed E-state index contributed by atoms with van der Waals surface area (Å²) >= 11 is 0.